The third-order valence-corrected chi connectivity index (χ3v) is 5.37. The highest BCUT2D eigenvalue weighted by molar-refractivity contribution is 7.93. The lowest BCUT2D eigenvalue weighted by molar-refractivity contribution is 0.0701. The molecule has 0 atom stereocenters. The van der Waals surface area contributed by atoms with Crippen molar-refractivity contribution in [2.45, 2.75) is 11.8 Å². The van der Waals surface area contributed by atoms with Crippen molar-refractivity contribution in [3.8, 4) is 0 Å². The molecule has 0 saturated carbocycles. The molecule has 106 valence electrons. The van der Waals surface area contributed by atoms with Crippen molar-refractivity contribution in [2.24, 2.45) is 0 Å². The van der Waals surface area contributed by atoms with Gasteiger partial charge in [-0.1, -0.05) is 11.6 Å². The molecule has 0 aliphatic heterocycles. The van der Waals surface area contributed by atoms with Crippen LogP contribution in [0.4, 0.5) is 5.00 Å². The van der Waals surface area contributed by atoms with Crippen LogP contribution in [0.25, 0.3) is 0 Å². The molecule has 1 aromatic heterocycles. The van der Waals surface area contributed by atoms with Gasteiger partial charge in [-0.25, -0.2) is 13.2 Å². The number of rotatable bonds is 4. The summed E-state index contributed by atoms with van der Waals surface area (Å²) >= 11 is 6.58. The van der Waals surface area contributed by atoms with Crippen LogP contribution in [0.1, 0.15) is 15.2 Å². The summed E-state index contributed by atoms with van der Waals surface area (Å²) in [6.07, 6.45) is 0. The van der Waals surface area contributed by atoms with E-state index in [2.05, 4.69) is 4.72 Å². The van der Waals surface area contributed by atoms with Gasteiger partial charge in [0, 0.05) is 5.02 Å². The molecular formula is C12H10ClNO4S2. The Morgan fingerprint density at radius 3 is 2.40 bits per heavy atom. The molecule has 0 fully saturated rings. The monoisotopic (exact) mass is 331 g/mol. The normalized spacial score (nSPS) is 11.3. The van der Waals surface area contributed by atoms with E-state index in [0.717, 1.165) is 11.3 Å². The molecule has 2 aromatic rings. The van der Waals surface area contributed by atoms with Crippen LogP contribution < -0.4 is 4.72 Å². The lowest BCUT2D eigenvalue weighted by Gasteiger charge is -2.05. The van der Waals surface area contributed by atoms with Crippen molar-refractivity contribution in [3.05, 3.63) is 45.8 Å². The fourth-order valence-electron chi connectivity index (χ4n) is 1.55. The van der Waals surface area contributed by atoms with Gasteiger partial charge < -0.3 is 5.11 Å². The van der Waals surface area contributed by atoms with E-state index in [1.54, 1.807) is 6.92 Å². The lowest BCUT2D eigenvalue weighted by Crippen LogP contribution is -2.11. The van der Waals surface area contributed by atoms with Crippen LogP contribution in [0.5, 0.6) is 0 Å². The van der Waals surface area contributed by atoms with E-state index in [1.165, 1.54) is 30.3 Å². The van der Waals surface area contributed by atoms with Crippen LogP contribution in [0.3, 0.4) is 0 Å². The maximum absolute atomic E-state index is 12.1. The third-order valence-electron chi connectivity index (χ3n) is 2.47. The predicted octanol–water partition coefficient (Wildman–Crippen LogP) is 3.21. The molecule has 0 spiro atoms. The van der Waals surface area contributed by atoms with Gasteiger partial charge in [-0.15, -0.1) is 11.3 Å². The van der Waals surface area contributed by atoms with Crippen molar-refractivity contribution < 1.29 is 18.3 Å². The largest absolute Gasteiger partial charge is 0.477 e. The Bertz CT molecular complexity index is 750. The summed E-state index contributed by atoms with van der Waals surface area (Å²) in [5.41, 5.74) is 0.510. The SMILES string of the molecule is Cc1cc(NS(=O)(=O)c2ccc(Cl)cc2)sc1C(=O)O. The first-order valence-corrected chi connectivity index (χ1v) is 8.09. The number of aryl methyl sites for hydroxylation is 1. The zero-order chi connectivity index (χ0) is 14.9. The Hall–Kier alpha value is -1.57. The zero-order valence-electron chi connectivity index (χ0n) is 10.3. The first-order valence-electron chi connectivity index (χ1n) is 5.42. The van der Waals surface area contributed by atoms with Crippen molar-refractivity contribution in [1.82, 2.24) is 0 Å². The highest BCUT2D eigenvalue weighted by atomic mass is 35.5. The standard InChI is InChI=1S/C12H10ClNO4S2/c1-7-6-10(19-11(7)12(15)16)14-20(17,18)9-4-2-8(13)3-5-9/h2-6,14H,1H3,(H,15,16). The van der Waals surface area contributed by atoms with Gasteiger partial charge in [-0.05, 0) is 42.8 Å². The van der Waals surface area contributed by atoms with Crippen LogP contribution in [0.15, 0.2) is 35.2 Å². The molecule has 0 aliphatic rings. The quantitative estimate of drug-likeness (QED) is 0.901. The first-order chi connectivity index (χ1) is 9.29. The number of halogens is 1. The van der Waals surface area contributed by atoms with Gasteiger partial charge in [0.15, 0.2) is 0 Å². The Morgan fingerprint density at radius 1 is 1.30 bits per heavy atom. The summed E-state index contributed by atoms with van der Waals surface area (Å²) in [6, 6.07) is 7.19. The number of hydrogen-bond acceptors (Lipinski definition) is 4. The van der Waals surface area contributed by atoms with Gasteiger partial charge in [-0.3, -0.25) is 4.72 Å². The van der Waals surface area contributed by atoms with Crippen LogP contribution in [-0.4, -0.2) is 19.5 Å². The fraction of sp³-hybridized carbons (Fsp3) is 0.0833. The number of benzene rings is 1. The molecule has 5 nitrogen and oxygen atoms in total. The number of thiophene rings is 1. The Balaban J connectivity index is 2.31. The first kappa shape index (κ1) is 14.8. The van der Waals surface area contributed by atoms with Crippen LogP contribution in [-0.2, 0) is 10.0 Å². The van der Waals surface area contributed by atoms with Crippen LogP contribution in [0, 0.1) is 6.92 Å². The topological polar surface area (TPSA) is 83.5 Å². The Labute approximate surface area is 124 Å². The van der Waals surface area contributed by atoms with E-state index in [1.807, 2.05) is 0 Å². The number of hydrogen-bond donors (Lipinski definition) is 2. The molecule has 0 aliphatic carbocycles. The van der Waals surface area contributed by atoms with E-state index < -0.39 is 16.0 Å². The molecule has 2 N–H and O–H groups in total. The van der Waals surface area contributed by atoms with Crippen LogP contribution >= 0.6 is 22.9 Å². The smallest absolute Gasteiger partial charge is 0.346 e. The summed E-state index contributed by atoms with van der Waals surface area (Å²) in [6.45, 7) is 1.61. The van der Waals surface area contributed by atoms with Crippen molar-refractivity contribution >= 4 is 43.9 Å². The number of carbonyl (C=O) groups is 1. The van der Waals surface area contributed by atoms with Crippen molar-refractivity contribution in [3.63, 3.8) is 0 Å². The molecule has 0 saturated heterocycles. The number of carboxylic acids is 1. The fourth-order valence-corrected chi connectivity index (χ4v) is 3.87. The second-order valence-electron chi connectivity index (χ2n) is 3.99. The van der Waals surface area contributed by atoms with Crippen molar-refractivity contribution in [2.75, 3.05) is 4.72 Å². The molecule has 0 radical (unpaired) electrons. The number of aromatic carboxylic acids is 1. The maximum atomic E-state index is 12.1. The second kappa shape index (κ2) is 5.43. The molecule has 1 aromatic carbocycles. The molecular weight excluding hydrogens is 322 g/mol. The number of nitrogens with one attached hydrogen (secondary N) is 1. The van der Waals surface area contributed by atoms with Crippen molar-refractivity contribution in [1.29, 1.82) is 0 Å². The number of carboxylic acid groups (broad SMARTS) is 1. The summed E-state index contributed by atoms with van der Waals surface area (Å²) in [5.74, 6) is -1.08. The van der Waals surface area contributed by atoms with Crippen LogP contribution in [0.2, 0.25) is 5.02 Å². The highest BCUT2D eigenvalue weighted by Gasteiger charge is 2.18. The summed E-state index contributed by atoms with van der Waals surface area (Å²) in [7, 11) is -3.75. The Morgan fingerprint density at radius 2 is 1.90 bits per heavy atom. The molecule has 20 heavy (non-hydrogen) atoms. The minimum Gasteiger partial charge on any atom is -0.477 e. The minimum atomic E-state index is -3.75. The van der Waals surface area contributed by atoms with Gasteiger partial charge in [0.2, 0.25) is 0 Å². The lowest BCUT2D eigenvalue weighted by atomic mass is 10.3. The van der Waals surface area contributed by atoms with Gasteiger partial charge >= 0.3 is 5.97 Å². The molecule has 1 heterocycles. The predicted molar refractivity (Wildman–Crippen MR) is 78.3 cm³/mol. The molecule has 2 rings (SSSR count). The Kier molecular flexibility index (Phi) is 4.03. The zero-order valence-corrected chi connectivity index (χ0v) is 12.6. The number of anilines is 1. The third kappa shape index (κ3) is 3.12. The van der Waals surface area contributed by atoms with E-state index in [-0.39, 0.29) is 14.8 Å². The average Bonchev–Trinajstić information content (AvgIpc) is 2.70. The van der Waals surface area contributed by atoms with E-state index in [0.29, 0.717) is 10.6 Å². The van der Waals surface area contributed by atoms with Gasteiger partial charge in [-0.2, -0.15) is 0 Å². The molecule has 0 amide bonds. The molecule has 0 unspecified atom stereocenters. The summed E-state index contributed by atoms with van der Waals surface area (Å²) in [5, 5.41) is 9.64. The second-order valence-corrected chi connectivity index (χ2v) is 7.16. The van der Waals surface area contributed by atoms with Gasteiger partial charge in [0.25, 0.3) is 10.0 Å². The average molecular weight is 332 g/mol. The van der Waals surface area contributed by atoms with Gasteiger partial charge in [0.05, 0.1) is 4.90 Å². The molecule has 0 bridgehead atoms. The summed E-state index contributed by atoms with van der Waals surface area (Å²) in [4.78, 5) is 11.1. The van der Waals surface area contributed by atoms with E-state index >= 15 is 0 Å². The van der Waals surface area contributed by atoms with Gasteiger partial charge in [0.1, 0.15) is 9.88 Å². The van der Waals surface area contributed by atoms with E-state index in [4.69, 9.17) is 16.7 Å². The molecule has 8 heteroatoms. The number of sulfonamides is 1. The maximum Gasteiger partial charge on any atom is 0.346 e. The highest BCUT2D eigenvalue weighted by Crippen LogP contribution is 2.28. The minimum absolute atomic E-state index is 0.0600. The summed E-state index contributed by atoms with van der Waals surface area (Å²) < 4.78 is 26.6. The van der Waals surface area contributed by atoms with E-state index in [9.17, 15) is 13.2 Å².